The molecule has 2 aliphatic rings. The molecule has 0 aromatic carbocycles. The van der Waals surface area contributed by atoms with Crippen LogP contribution >= 0.6 is 0 Å². The van der Waals surface area contributed by atoms with Crippen LogP contribution in [0.1, 0.15) is 40.5 Å². The summed E-state index contributed by atoms with van der Waals surface area (Å²) in [5.41, 5.74) is 0. The third-order valence-electron chi connectivity index (χ3n) is 5.02. The predicted octanol–water partition coefficient (Wildman–Crippen LogP) is 2.15. The lowest BCUT2D eigenvalue weighted by atomic mass is 9.95. The molecule has 0 aliphatic carbocycles. The Balaban J connectivity index is 1.66. The van der Waals surface area contributed by atoms with E-state index in [2.05, 4.69) is 23.6 Å². The summed E-state index contributed by atoms with van der Waals surface area (Å²) in [6.07, 6.45) is 2.69. The van der Waals surface area contributed by atoms with Crippen LogP contribution in [0.2, 0.25) is 0 Å². The van der Waals surface area contributed by atoms with Gasteiger partial charge in [0.25, 0.3) is 0 Å². The number of hydrogen-bond acceptors (Lipinski definition) is 3. The van der Waals surface area contributed by atoms with E-state index >= 15 is 0 Å². The Bertz CT molecular complexity index is 340. The molecule has 0 radical (unpaired) electrons. The molecule has 0 aromatic heterocycles. The van der Waals surface area contributed by atoms with Crippen LogP contribution in [0.25, 0.3) is 0 Å². The first-order valence-electron chi connectivity index (χ1n) is 9.19. The van der Waals surface area contributed by atoms with Crippen LogP contribution in [-0.4, -0.2) is 73.0 Å². The average Bonchev–Trinajstić information content (AvgIpc) is 2.49. The highest BCUT2D eigenvalue weighted by atomic mass is 16.2. The maximum absolute atomic E-state index is 12.0. The fraction of sp³-hybridized carbons (Fsp3) is 0.944. The van der Waals surface area contributed by atoms with Gasteiger partial charge in [-0.25, -0.2) is 0 Å². The Hall–Kier alpha value is -0.610. The van der Waals surface area contributed by atoms with E-state index in [4.69, 9.17) is 0 Å². The molecule has 1 amide bonds. The number of carbonyl (C=O) groups is 1. The molecule has 4 heteroatoms. The van der Waals surface area contributed by atoms with E-state index < -0.39 is 0 Å². The van der Waals surface area contributed by atoms with Crippen molar-refractivity contribution >= 4 is 5.91 Å². The number of carbonyl (C=O) groups excluding carboxylic acids is 1. The van der Waals surface area contributed by atoms with Crippen molar-refractivity contribution in [1.82, 2.24) is 14.7 Å². The van der Waals surface area contributed by atoms with E-state index in [1.165, 1.54) is 39.0 Å². The summed E-state index contributed by atoms with van der Waals surface area (Å²) in [5.74, 6) is 2.09. The van der Waals surface area contributed by atoms with Crippen molar-refractivity contribution in [2.45, 2.75) is 40.5 Å². The number of amides is 1. The Kier molecular flexibility index (Phi) is 6.69. The van der Waals surface area contributed by atoms with Crippen molar-refractivity contribution in [1.29, 1.82) is 0 Å². The number of rotatable bonds is 5. The third kappa shape index (κ3) is 5.24. The molecule has 0 N–H and O–H groups in total. The second-order valence-electron chi connectivity index (χ2n) is 7.92. The predicted molar refractivity (Wildman–Crippen MR) is 91.9 cm³/mol. The molecule has 0 unspecified atom stereocenters. The van der Waals surface area contributed by atoms with Crippen LogP contribution in [0, 0.1) is 17.8 Å². The topological polar surface area (TPSA) is 26.8 Å². The van der Waals surface area contributed by atoms with Gasteiger partial charge < -0.3 is 9.80 Å². The molecule has 4 nitrogen and oxygen atoms in total. The number of nitrogens with zero attached hydrogens (tertiary/aromatic N) is 3. The van der Waals surface area contributed by atoms with E-state index in [1.807, 2.05) is 18.7 Å². The van der Waals surface area contributed by atoms with Gasteiger partial charge in [-0.3, -0.25) is 9.69 Å². The molecular weight excluding hydrogens is 274 g/mol. The molecule has 0 atom stereocenters. The monoisotopic (exact) mass is 309 g/mol. The molecular formula is C18H35N3O. The van der Waals surface area contributed by atoms with Gasteiger partial charge in [0.15, 0.2) is 0 Å². The summed E-state index contributed by atoms with van der Waals surface area (Å²) < 4.78 is 0. The van der Waals surface area contributed by atoms with Gasteiger partial charge in [0.05, 0.1) is 0 Å². The zero-order valence-electron chi connectivity index (χ0n) is 15.1. The lowest BCUT2D eigenvalue weighted by Gasteiger charge is -2.39. The molecule has 2 heterocycles. The van der Waals surface area contributed by atoms with E-state index in [0.717, 1.165) is 38.0 Å². The number of piperidine rings is 1. The molecule has 22 heavy (non-hydrogen) atoms. The molecule has 0 saturated carbocycles. The summed E-state index contributed by atoms with van der Waals surface area (Å²) in [6.45, 7) is 17.6. The first kappa shape index (κ1) is 17.7. The molecule has 0 aromatic rings. The summed E-state index contributed by atoms with van der Waals surface area (Å²) in [4.78, 5) is 19.3. The van der Waals surface area contributed by atoms with Gasteiger partial charge >= 0.3 is 0 Å². The van der Waals surface area contributed by atoms with Gasteiger partial charge in [0, 0.05) is 45.2 Å². The van der Waals surface area contributed by atoms with Crippen molar-refractivity contribution < 1.29 is 4.79 Å². The summed E-state index contributed by atoms with van der Waals surface area (Å²) in [7, 11) is 0. The highest BCUT2D eigenvalue weighted by Gasteiger charge is 2.26. The minimum atomic E-state index is 0.136. The fourth-order valence-corrected chi connectivity index (χ4v) is 3.75. The highest BCUT2D eigenvalue weighted by molar-refractivity contribution is 5.78. The minimum absolute atomic E-state index is 0.136. The van der Waals surface area contributed by atoms with Crippen LogP contribution in [0.4, 0.5) is 0 Å². The Morgan fingerprint density at radius 3 is 2.00 bits per heavy atom. The van der Waals surface area contributed by atoms with Crippen molar-refractivity contribution in [2.24, 2.45) is 17.8 Å². The van der Waals surface area contributed by atoms with Crippen LogP contribution in [-0.2, 0) is 4.79 Å². The van der Waals surface area contributed by atoms with Crippen molar-refractivity contribution in [3.8, 4) is 0 Å². The number of piperazine rings is 1. The van der Waals surface area contributed by atoms with Gasteiger partial charge in [0.2, 0.25) is 5.91 Å². The second-order valence-corrected chi connectivity index (χ2v) is 7.92. The Morgan fingerprint density at radius 2 is 1.50 bits per heavy atom. The van der Waals surface area contributed by atoms with E-state index in [1.54, 1.807) is 0 Å². The Labute approximate surface area is 136 Å². The number of hydrogen-bond donors (Lipinski definition) is 0. The standard InChI is InChI=1S/C18H35N3O/c1-15(2)13-19-7-5-17(6-8-19)14-20-9-11-21(12-10-20)18(22)16(3)4/h15-17H,5-14H2,1-4H3. The van der Waals surface area contributed by atoms with Crippen LogP contribution in [0.5, 0.6) is 0 Å². The summed E-state index contributed by atoms with van der Waals surface area (Å²) >= 11 is 0. The smallest absolute Gasteiger partial charge is 0.225 e. The maximum Gasteiger partial charge on any atom is 0.225 e. The number of likely N-dealkylation sites (tertiary alicyclic amines) is 1. The zero-order valence-corrected chi connectivity index (χ0v) is 15.1. The average molecular weight is 309 g/mol. The maximum atomic E-state index is 12.0. The molecule has 2 fully saturated rings. The highest BCUT2D eigenvalue weighted by Crippen LogP contribution is 2.20. The van der Waals surface area contributed by atoms with Gasteiger partial charge in [-0.2, -0.15) is 0 Å². The first-order chi connectivity index (χ1) is 10.5. The molecule has 128 valence electrons. The van der Waals surface area contributed by atoms with Gasteiger partial charge in [0.1, 0.15) is 0 Å². The summed E-state index contributed by atoms with van der Waals surface area (Å²) in [6, 6.07) is 0. The van der Waals surface area contributed by atoms with Crippen molar-refractivity contribution in [3.05, 3.63) is 0 Å². The largest absolute Gasteiger partial charge is 0.340 e. The third-order valence-corrected chi connectivity index (χ3v) is 5.02. The molecule has 0 spiro atoms. The van der Waals surface area contributed by atoms with Crippen LogP contribution < -0.4 is 0 Å². The second kappa shape index (κ2) is 8.30. The van der Waals surface area contributed by atoms with E-state index in [9.17, 15) is 4.79 Å². The van der Waals surface area contributed by atoms with Crippen LogP contribution in [0.15, 0.2) is 0 Å². The molecule has 0 bridgehead atoms. The van der Waals surface area contributed by atoms with Crippen molar-refractivity contribution in [2.75, 3.05) is 52.4 Å². The lowest BCUT2D eigenvalue weighted by molar-refractivity contribution is -0.136. The minimum Gasteiger partial charge on any atom is -0.340 e. The molecule has 2 aliphatic heterocycles. The molecule has 2 rings (SSSR count). The fourth-order valence-electron chi connectivity index (χ4n) is 3.75. The SMILES string of the molecule is CC(C)CN1CCC(CN2CCN(C(=O)C(C)C)CC2)CC1. The molecule has 2 saturated heterocycles. The zero-order chi connectivity index (χ0) is 16.1. The van der Waals surface area contributed by atoms with Gasteiger partial charge in [-0.05, 0) is 37.8 Å². The van der Waals surface area contributed by atoms with Gasteiger partial charge in [-0.1, -0.05) is 27.7 Å². The normalized spacial score (nSPS) is 22.7. The van der Waals surface area contributed by atoms with E-state index in [-0.39, 0.29) is 5.92 Å². The quantitative estimate of drug-likeness (QED) is 0.778. The van der Waals surface area contributed by atoms with Crippen LogP contribution in [0.3, 0.4) is 0 Å². The van der Waals surface area contributed by atoms with Gasteiger partial charge in [-0.15, -0.1) is 0 Å². The first-order valence-corrected chi connectivity index (χ1v) is 9.19. The van der Waals surface area contributed by atoms with Crippen molar-refractivity contribution in [3.63, 3.8) is 0 Å². The van der Waals surface area contributed by atoms with E-state index in [0.29, 0.717) is 5.91 Å². The lowest BCUT2D eigenvalue weighted by Crippen LogP contribution is -2.51. The summed E-state index contributed by atoms with van der Waals surface area (Å²) in [5, 5.41) is 0. The Morgan fingerprint density at radius 1 is 0.909 bits per heavy atom.